The lowest BCUT2D eigenvalue weighted by molar-refractivity contribution is -0.141. The molecule has 0 spiro atoms. The number of aliphatic carboxylic acids is 1. The number of likely N-dealkylation sites (tertiary alicyclic amines) is 1. The van der Waals surface area contributed by atoms with Crippen LogP contribution in [0.1, 0.15) is 43.8 Å². The number of aromatic nitrogens is 1. The fourth-order valence-corrected chi connectivity index (χ4v) is 5.56. The highest BCUT2D eigenvalue weighted by Gasteiger charge is 2.37. The summed E-state index contributed by atoms with van der Waals surface area (Å²) in [7, 11) is 1.53. The lowest BCUT2D eigenvalue weighted by atomic mass is 9.71. The molecule has 38 heavy (non-hydrogen) atoms. The van der Waals surface area contributed by atoms with Gasteiger partial charge >= 0.3 is 5.97 Å². The number of ether oxygens (including phenoxy) is 1. The number of anilines is 1. The van der Waals surface area contributed by atoms with E-state index in [1.54, 1.807) is 18.2 Å². The molecule has 1 fully saturated rings. The molecule has 1 atom stereocenters. The Morgan fingerprint density at radius 1 is 1.21 bits per heavy atom. The summed E-state index contributed by atoms with van der Waals surface area (Å²) in [6.45, 7) is 2.42. The second-order valence-electron chi connectivity index (χ2n) is 9.91. The summed E-state index contributed by atoms with van der Waals surface area (Å²) >= 11 is 6.37. The van der Waals surface area contributed by atoms with Gasteiger partial charge in [0.1, 0.15) is 23.6 Å². The quantitative estimate of drug-likeness (QED) is 0.279. The first-order valence-corrected chi connectivity index (χ1v) is 13.0. The number of benzene rings is 2. The van der Waals surface area contributed by atoms with E-state index in [2.05, 4.69) is 15.2 Å². The van der Waals surface area contributed by atoms with Gasteiger partial charge in [-0.1, -0.05) is 11.6 Å². The number of hydrogen-bond acceptors (Lipinski definition) is 5. The summed E-state index contributed by atoms with van der Waals surface area (Å²) in [5.41, 5.74) is 0.793. The molecule has 0 unspecified atom stereocenters. The molecule has 0 aliphatic carbocycles. The van der Waals surface area contributed by atoms with Crippen molar-refractivity contribution in [3.05, 3.63) is 64.8 Å². The van der Waals surface area contributed by atoms with Crippen LogP contribution in [0.25, 0.3) is 10.9 Å². The molecule has 1 saturated heterocycles. The van der Waals surface area contributed by atoms with Crippen LogP contribution in [0.3, 0.4) is 0 Å². The molecular formula is C28H31ClF3N3O3. The minimum absolute atomic E-state index is 0.0347. The maximum absolute atomic E-state index is 15.7. The summed E-state index contributed by atoms with van der Waals surface area (Å²) in [6, 6.07) is 8.51. The average Bonchev–Trinajstić information content (AvgIpc) is 2.87. The molecule has 2 N–H and O–H groups in total. The van der Waals surface area contributed by atoms with Gasteiger partial charge in [0.25, 0.3) is 0 Å². The van der Waals surface area contributed by atoms with Gasteiger partial charge in [-0.3, -0.25) is 9.78 Å². The highest BCUT2D eigenvalue weighted by Crippen LogP contribution is 2.44. The zero-order chi connectivity index (χ0) is 27.3. The summed E-state index contributed by atoms with van der Waals surface area (Å²) in [5.74, 6) is -1.62. The van der Waals surface area contributed by atoms with Crippen molar-refractivity contribution in [2.45, 2.75) is 38.3 Å². The Bertz CT molecular complexity index is 1260. The molecule has 204 valence electrons. The number of halogens is 4. The van der Waals surface area contributed by atoms with Crippen LogP contribution >= 0.6 is 11.6 Å². The van der Waals surface area contributed by atoms with Gasteiger partial charge in [-0.2, -0.15) is 0 Å². The number of nitrogens with one attached hydrogen (secondary N) is 1. The number of carboxylic acids is 1. The van der Waals surface area contributed by atoms with Gasteiger partial charge in [-0.25, -0.2) is 13.2 Å². The van der Waals surface area contributed by atoms with Crippen LogP contribution < -0.4 is 10.1 Å². The number of carbonyl (C=O) groups is 1. The van der Waals surface area contributed by atoms with Crippen molar-refractivity contribution in [3.8, 4) is 5.75 Å². The minimum Gasteiger partial charge on any atom is -0.497 e. The molecule has 2 heterocycles. The van der Waals surface area contributed by atoms with Gasteiger partial charge < -0.3 is 20.1 Å². The monoisotopic (exact) mass is 549 g/mol. The van der Waals surface area contributed by atoms with E-state index in [4.69, 9.17) is 16.3 Å². The first kappa shape index (κ1) is 28.0. The summed E-state index contributed by atoms with van der Waals surface area (Å²) < 4.78 is 47.8. The first-order valence-electron chi connectivity index (χ1n) is 12.6. The fraction of sp³-hybridized carbons (Fsp3) is 0.429. The highest BCUT2D eigenvalue weighted by atomic mass is 35.5. The van der Waals surface area contributed by atoms with Crippen LogP contribution in [0.5, 0.6) is 5.75 Å². The number of methoxy groups -OCH3 is 1. The van der Waals surface area contributed by atoms with Crippen LogP contribution in [0, 0.1) is 17.0 Å². The van der Waals surface area contributed by atoms with Crippen LogP contribution in [0.15, 0.2) is 42.6 Å². The third-order valence-electron chi connectivity index (χ3n) is 7.37. The van der Waals surface area contributed by atoms with Crippen molar-refractivity contribution in [3.63, 3.8) is 0 Å². The Kier molecular flexibility index (Phi) is 8.99. The van der Waals surface area contributed by atoms with Crippen molar-refractivity contribution in [1.29, 1.82) is 0 Å². The van der Waals surface area contributed by atoms with E-state index < -0.39 is 29.2 Å². The molecular weight excluding hydrogens is 519 g/mol. The molecule has 0 radical (unpaired) electrons. The fourth-order valence-electron chi connectivity index (χ4n) is 5.29. The van der Waals surface area contributed by atoms with Gasteiger partial charge in [0.05, 0.1) is 24.1 Å². The third-order valence-corrected chi connectivity index (χ3v) is 7.67. The zero-order valence-corrected chi connectivity index (χ0v) is 21.9. The van der Waals surface area contributed by atoms with Crippen LogP contribution in [-0.2, 0) is 4.79 Å². The number of piperidine rings is 1. The first-order chi connectivity index (χ1) is 18.2. The lowest BCUT2D eigenvalue weighted by Crippen LogP contribution is -2.43. The van der Waals surface area contributed by atoms with E-state index in [0.717, 1.165) is 6.07 Å². The molecule has 3 aromatic rings. The molecule has 1 aliphatic heterocycles. The highest BCUT2D eigenvalue weighted by molar-refractivity contribution is 6.32. The summed E-state index contributed by atoms with van der Waals surface area (Å²) in [5, 5.41) is 13.4. The standard InChI is InChI=1S/C28H31ClF3N3O3/c1-38-21-2-3-25-22(15-21)27(23(29)17-34-25)24(32)4-5-28(16-26(36)37)6-9-35(10-7-28)11-8-33-20-13-18(30)12-19(31)14-20/h2-3,12-15,17,24,33H,4-11,16H2,1H3,(H,36,37)/t24-/m0/s1. The van der Waals surface area contributed by atoms with Gasteiger partial charge in [0.15, 0.2) is 0 Å². The minimum atomic E-state index is -1.39. The number of pyridine rings is 1. The Morgan fingerprint density at radius 2 is 1.92 bits per heavy atom. The smallest absolute Gasteiger partial charge is 0.303 e. The molecule has 4 rings (SSSR count). The predicted molar refractivity (Wildman–Crippen MR) is 142 cm³/mol. The van der Waals surface area contributed by atoms with Crippen LogP contribution in [-0.4, -0.2) is 54.2 Å². The molecule has 6 nitrogen and oxygen atoms in total. The number of hydrogen-bond donors (Lipinski definition) is 2. The van der Waals surface area contributed by atoms with Crippen molar-refractivity contribution in [2.75, 3.05) is 38.6 Å². The molecule has 2 aromatic carbocycles. The number of rotatable bonds is 11. The van der Waals surface area contributed by atoms with Crippen LogP contribution in [0.4, 0.5) is 18.9 Å². The molecule has 0 bridgehead atoms. The largest absolute Gasteiger partial charge is 0.497 e. The Labute approximate surface area is 224 Å². The average molecular weight is 550 g/mol. The molecule has 0 amide bonds. The second-order valence-corrected chi connectivity index (χ2v) is 10.3. The van der Waals surface area contributed by atoms with Crippen LogP contribution in [0.2, 0.25) is 5.02 Å². The van der Waals surface area contributed by atoms with Gasteiger partial charge in [0.2, 0.25) is 0 Å². The number of carboxylic acid groups (broad SMARTS) is 1. The third kappa shape index (κ3) is 6.88. The predicted octanol–water partition coefficient (Wildman–Crippen LogP) is 6.63. The lowest BCUT2D eigenvalue weighted by Gasteiger charge is -2.41. The van der Waals surface area contributed by atoms with Gasteiger partial charge in [-0.05, 0) is 74.5 Å². The van der Waals surface area contributed by atoms with Crippen molar-refractivity contribution in [1.82, 2.24) is 9.88 Å². The van der Waals surface area contributed by atoms with Gasteiger partial charge in [-0.15, -0.1) is 0 Å². The van der Waals surface area contributed by atoms with E-state index in [9.17, 15) is 18.7 Å². The summed E-state index contributed by atoms with van der Waals surface area (Å²) in [4.78, 5) is 18.2. The molecule has 0 saturated carbocycles. The number of nitrogens with zero attached hydrogens (tertiary/aromatic N) is 2. The number of fused-ring (bicyclic) bond motifs is 1. The maximum atomic E-state index is 15.7. The van der Waals surface area contributed by atoms with E-state index >= 15 is 4.39 Å². The van der Waals surface area contributed by atoms with E-state index in [0.29, 0.717) is 73.3 Å². The van der Waals surface area contributed by atoms with E-state index in [-0.39, 0.29) is 17.9 Å². The van der Waals surface area contributed by atoms with E-state index in [1.807, 2.05) is 0 Å². The second kappa shape index (κ2) is 12.2. The molecule has 10 heteroatoms. The van der Waals surface area contributed by atoms with Crippen molar-refractivity contribution >= 4 is 34.2 Å². The Hall–Kier alpha value is -3.04. The normalized spacial score (nSPS) is 16.3. The van der Waals surface area contributed by atoms with E-state index in [1.165, 1.54) is 25.4 Å². The summed E-state index contributed by atoms with van der Waals surface area (Å²) in [6.07, 6.45) is 1.77. The molecule has 1 aromatic heterocycles. The molecule has 1 aliphatic rings. The Balaban J connectivity index is 1.38. The van der Waals surface area contributed by atoms with Crippen molar-refractivity contribution in [2.24, 2.45) is 5.41 Å². The topological polar surface area (TPSA) is 74.7 Å². The van der Waals surface area contributed by atoms with Gasteiger partial charge in [0, 0.05) is 42.0 Å². The Morgan fingerprint density at radius 3 is 2.58 bits per heavy atom. The number of alkyl halides is 1. The maximum Gasteiger partial charge on any atom is 0.303 e. The SMILES string of the molecule is COc1ccc2ncc(Cl)c([C@@H](F)CCC3(CC(=O)O)CCN(CCNc4cc(F)cc(F)c4)CC3)c2c1. The zero-order valence-electron chi connectivity index (χ0n) is 21.2. The van der Waals surface area contributed by atoms with Crippen molar-refractivity contribution < 1.29 is 27.8 Å².